The molecule has 1 aromatic carbocycles. The number of imide groups is 1. The number of nitrogens with zero attached hydrogens (tertiary/aromatic N) is 2. The maximum Gasteiger partial charge on any atom is 0.289 e. The monoisotopic (exact) mass is 336 g/mol. The Morgan fingerprint density at radius 1 is 1.22 bits per heavy atom. The Hall–Kier alpha value is -2.22. The lowest BCUT2D eigenvalue weighted by molar-refractivity contribution is -0.128. The summed E-state index contributed by atoms with van der Waals surface area (Å²) >= 11 is 1.01. The zero-order valence-corrected chi connectivity index (χ0v) is 13.6. The SMILES string of the molecule is COc1cccc(C(=O)N2CC(N3C(=O)CSC3=O)C2)c1OC. The molecule has 122 valence electrons. The van der Waals surface area contributed by atoms with Crippen LogP contribution in [0.25, 0.3) is 0 Å². The van der Waals surface area contributed by atoms with Crippen LogP contribution in [0.3, 0.4) is 0 Å². The number of likely N-dealkylation sites (tertiary alicyclic amines) is 1. The van der Waals surface area contributed by atoms with Crippen LogP contribution in [0, 0.1) is 0 Å². The van der Waals surface area contributed by atoms with Crippen molar-refractivity contribution in [3.05, 3.63) is 23.8 Å². The number of methoxy groups -OCH3 is 2. The Morgan fingerprint density at radius 3 is 2.52 bits per heavy atom. The van der Waals surface area contributed by atoms with E-state index in [4.69, 9.17) is 9.47 Å². The van der Waals surface area contributed by atoms with Crippen LogP contribution in [0.2, 0.25) is 0 Å². The summed E-state index contributed by atoms with van der Waals surface area (Å²) in [6.07, 6.45) is 0. The molecule has 0 saturated carbocycles. The number of carbonyl (C=O) groups is 3. The number of hydrogen-bond acceptors (Lipinski definition) is 6. The second-order valence-corrected chi connectivity index (χ2v) is 6.15. The van der Waals surface area contributed by atoms with Crippen molar-refractivity contribution in [2.75, 3.05) is 33.1 Å². The topological polar surface area (TPSA) is 76.2 Å². The van der Waals surface area contributed by atoms with Crippen LogP contribution >= 0.6 is 11.8 Å². The highest BCUT2D eigenvalue weighted by atomic mass is 32.2. The van der Waals surface area contributed by atoms with E-state index < -0.39 is 0 Å². The fourth-order valence-electron chi connectivity index (χ4n) is 2.73. The van der Waals surface area contributed by atoms with Gasteiger partial charge in [0.15, 0.2) is 11.5 Å². The fraction of sp³-hybridized carbons (Fsp3) is 0.400. The van der Waals surface area contributed by atoms with Crippen LogP contribution in [0.5, 0.6) is 11.5 Å². The van der Waals surface area contributed by atoms with Crippen LogP contribution in [0.15, 0.2) is 18.2 Å². The Morgan fingerprint density at radius 2 is 1.96 bits per heavy atom. The molecule has 0 N–H and O–H groups in total. The molecule has 23 heavy (non-hydrogen) atoms. The van der Waals surface area contributed by atoms with Gasteiger partial charge >= 0.3 is 0 Å². The molecule has 0 radical (unpaired) electrons. The quantitative estimate of drug-likeness (QED) is 0.823. The van der Waals surface area contributed by atoms with Crippen molar-refractivity contribution in [3.63, 3.8) is 0 Å². The summed E-state index contributed by atoms with van der Waals surface area (Å²) in [5.74, 6) is 0.663. The minimum absolute atomic E-state index is 0.184. The highest BCUT2D eigenvalue weighted by Gasteiger charge is 2.43. The van der Waals surface area contributed by atoms with Crippen molar-refractivity contribution in [3.8, 4) is 11.5 Å². The van der Waals surface area contributed by atoms with E-state index in [-0.39, 0.29) is 28.8 Å². The molecule has 2 fully saturated rings. The summed E-state index contributed by atoms with van der Waals surface area (Å²) in [5, 5.41) is -0.231. The molecule has 7 nitrogen and oxygen atoms in total. The van der Waals surface area contributed by atoms with Gasteiger partial charge in [0, 0.05) is 13.1 Å². The van der Waals surface area contributed by atoms with E-state index in [0.29, 0.717) is 30.2 Å². The molecule has 0 aliphatic carbocycles. The van der Waals surface area contributed by atoms with Crippen LogP contribution in [0.1, 0.15) is 10.4 Å². The van der Waals surface area contributed by atoms with Gasteiger partial charge in [0.05, 0.1) is 31.6 Å². The van der Waals surface area contributed by atoms with Gasteiger partial charge in [-0.1, -0.05) is 17.8 Å². The van der Waals surface area contributed by atoms with Crippen LogP contribution in [-0.4, -0.2) is 66.0 Å². The first kappa shape index (κ1) is 15.7. The Labute approximate surface area is 137 Å². The van der Waals surface area contributed by atoms with Crippen LogP contribution in [0.4, 0.5) is 4.79 Å². The molecule has 0 aromatic heterocycles. The summed E-state index contributed by atoms with van der Waals surface area (Å²) < 4.78 is 10.5. The Bertz CT molecular complexity index is 656. The van der Waals surface area contributed by atoms with E-state index in [2.05, 4.69) is 0 Å². The van der Waals surface area contributed by atoms with Gasteiger partial charge in [-0.3, -0.25) is 19.3 Å². The second kappa shape index (κ2) is 6.11. The molecule has 2 saturated heterocycles. The predicted molar refractivity (Wildman–Crippen MR) is 83.9 cm³/mol. The number of rotatable bonds is 4. The summed E-state index contributed by atoms with van der Waals surface area (Å²) in [4.78, 5) is 38.8. The second-order valence-electron chi connectivity index (χ2n) is 5.22. The maximum absolute atomic E-state index is 12.6. The molecule has 0 bridgehead atoms. The molecule has 3 amide bonds. The number of ether oxygens (including phenoxy) is 2. The standard InChI is InChI=1S/C15H16N2O5S/c1-21-11-5-3-4-10(13(11)22-2)14(19)16-6-9(7-16)17-12(18)8-23-15(17)20/h3-5,9H,6-8H2,1-2H3. The van der Waals surface area contributed by atoms with Crippen molar-refractivity contribution in [1.82, 2.24) is 9.80 Å². The number of para-hydroxylation sites is 1. The van der Waals surface area contributed by atoms with Gasteiger partial charge in [-0.05, 0) is 12.1 Å². The third-order valence-electron chi connectivity index (χ3n) is 3.93. The molecular formula is C15H16N2O5S. The number of carbonyl (C=O) groups excluding carboxylic acids is 3. The molecule has 2 aliphatic rings. The highest BCUT2D eigenvalue weighted by molar-refractivity contribution is 8.14. The average Bonchev–Trinajstić information content (AvgIpc) is 2.84. The molecular weight excluding hydrogens is 320 g/mol. The van der Waals surface area contributed by atoms with Crippen molar-refractivity contribution in [2.24, 2.45) is 0 Å². The molecule has 0 spiro atoms. The highest BCUT2D eigenvalue weighted by Crippen LogP contribution is 2.33. The van der Waals surface area contributed by atoms with Crippen molar-refractivity contribution in [2.45, 2.75) is 6.04 Å². The molecule has 3 rings (SSSR count). The first-order valence-electron chi connectivity index (χ1n) is 7.06. The molecule has 2 aliphatic heterocycles. The van der Waals surface area contributed by atoms with Gasteiger partial charge in [-0.2, -0.15) is 0 Å². The largest absolute Gasteiger partial charge is 0.493 e. The van der Waals surface area contributed by atoms with Gasteiger partial charge in [0.25, 0.3) is 11.1 Å². The average molecular weight is 336 g/mol. The van der Waals surface area contributed by atoms with E-state index in [9.17, 15) is 14.4 Å². The lowest BCUT2D eigenvalue weighted by Gasteiger charge is -2.42. The summed E-state index contributed by atoms with van der Waals surface area (Å²) in [5.41, 5.74) is 0.402. The lowest BCUT2D eigenvalue weighted by atomic mass is 10.0. The molecule has 2 heterocycles. The van der Waals surface area contributed by atoms with Gasteiger partial charge < -0.3 is 14.4 Å². The summed E-state index contributed by atoms with van der Waals surface area (Å²) in [7, 11) is 2.99. The maximum atomic E-state index is 12.6. The molecule has 0 unspecified atom stereocenters. The van der Waals surface area contributed by atoms with Gasteiger partial charge in [-0.25, -0.2) is 0 Å². The number of hydrogen-bond donors (Lipinski definition) is 0. The van der Waals surface area contributed by atoms with E-state index >= 15 is 0 Å². The van der Waals surface area contributed by atoms with Crippen molar-refractivity contribution in [1.29, 1.82) is 0 Å². The van der Waals surface area contributed by atoms with Crippen LogP contribution < -0.4 is 9.47 Å². The minimum Gasteiger partial charge on any atom is -0.493 e. The third kappa shape index (κ3) is 2.63. The Balaban J connectivity index is 1.72. The van der Waals surface area contributed by atoms with E-state index in [0.717, 1.165) is 11.8 Å². The normalized spacial score (nSPS) is 18.2. The summed E-state index contributed by atoms with van der Waals surface area (Å²) in [6.45, 7) is 0.689. The zero-order valence-electron chi connectivity index (χ0n) is 12.8. The lowest BCUT2D eigenvalue weighted by Crippen LogP contribution is -2.62. The first-order chi connectivity index (χ1) is 11.1. The fourth-order valence-corrected chi connectivity index (χ4v) is 3.50. The van der Waals surface area contributed by atoms with Gasteiger partial charge in [0.1, 0.15) is 0 Å². The molecule has 0 atom stereocenters. The molecule has 8 heteroatoms. The van der Waals surface area contributed by atoms with E-state index in [1.807, 2.05) is 0 Å². The van der Waals surface area contributed by atoms with Crippen molar-refractivity contribution >= 4 is 28.8 Å². The number of thioether (sulfide) groups is 1. The van der Waals surface area contributed by atoms with E-state index in [1.54, 1.807) is 23.1 Å². The number of benzene rings is 1. The zero-order chi connectivity index (χ0) is 16.6. The van der Waals surface area contributed by atoms with E-state index in [1.165, 1.54) is 19.1 Å². The van der Waals surface area contributed by atoms with Gasteiger partial charge in [-0.15, -0.1) is 0 Å². The Kier molecular flexibility index (Phi) is 4.16. The first-order valence-corrected chi connectivity index (χ1v) is 8.04. The van der Waals surface area contributed by atoms with Crippen LogP contribution in [-0.2, 0) is 4.79 Å². The number of amides is 3. The minimum atomic E-state index is -0.231. The van der Waals surface area contributed by atoms with Crippen molar-refractivity contribution < 1.29 is 23.9 Å². The predicted octanol–water partition coefficient (Wildman–Crippen LogP) is 1.22. The molecule has 1 aromatic rings. The third-order valence-corrected chi connectivity index (χ3v) is 4.77. The summed E-state index contributed by atoms with van der Waals surface area (Å²) in [6, 6.07) is 4.87. The van der Waals surface area contributed by atoms with Gasteiger partial charge in [0.2, 0.25) is 5.91 Å². The smallest absolute Gasteiger partial charge is 0.289 e.